The lowest BCUT2D eigenvalue weighted by molar-refractivity contribution is 0.114. The average molecular weight is 420 g/mol. The maximum Gasteiger partial charge on any atom is 0.187 e. The number of halogens is 1. The Kier molecular flexibility index (Phi) is 6.16. The number of hydrogen-bond acceptors (Lipinski definition) is 6. The Morgan fingerprint density at radius 3 is 3.00 bits per heavy atom. The lowest BCUT2D eigenvalue weighted by atomic mass is 10.2. The first-order valence-electron chi connectivity index (χ1n) is 8.49. The number of hydrogen-bond donors (Lipinski definition) is 2. The van der Waals surface area contributed by atoms with Crippen LogP contribution in [-0.2, 0) is 14.6 Å². The van der Waals surface area contributed by atoms with Crippen molar-refractivity contribution >= 4 is 45.0 Å². The number of nitrogens with one attached hydrogen (secondary N) is 2. The summed E-state index contributed by atoms with van der Waals surface area (Å²) in [6.07, 6.45) is 4.37. The van der Waals surface area contributed by atoms with Gasteiger partial charge in [0.2, 0.25) is 0 Å². The molecule has 2 fully saturated rings. The van der Waals surface area contributed by atoms with Crippen LogP contribution in [-0.4, -0.2) is 60.3 Å². The summed E-state index contributed by atoms with van der Waals surface area (Å²) in [5.74, 6) is 0.239. The molecule has 11 heteroatoms. The van der Waals surface area contributed by atoms with E-state index in [1.165, 1.54) is 0 Å². The molecule has 2 atom stereocenters. The van der Waals surface area contributed by atoms with Gasteiger partial charge in [0.1, 0.15) is 5.15 Å². The maximum atomic E-state index is 11.7. The number of sulfone groups is 1. The molecule has 3 heterocycles. The fourth-order valence-electron chi connectivity index (χ4n) is 3.10. The first kappa shape index (κ1) is 19.5. The molecule has 0 bridgehead atoms. The van der Waals surface area contributed by atoms with Gasteiger partial charge in [-0.25, -0.2) is 13.1 Å². The van der Waals surface area contributed by atoms with Crippen LogP contribution in [0.1, 0.15) is 36.6 Å². The first-order valence-corrected chi connectivity index (χ1v) is 11.1. The van der Waals surface area contributed by atoms with Crippen LogP contribution in [0.4, 0.5) is 0 Å². The normalized spacial score (nSPS) is 25.0. The molecule has 1 aromatic heterocycles. The van der Waals surface area contributed by atoms with Gasteiger partial charge in [0.25, 0.3) is 0 Å². The summed E-state index contributed by atoms with van der Waals surface area (Å²) in [7, 11) is -3.01. The predicted octanol–water partition coefficient (Wildman–Crippen LogP) is 1.18. The highest BCUT2D eigenvalue weighted by Crippen LogP contribution is 2.29. The highest BCUT2D eigenvalue weighted by Gasteiger charge is 2.31. The van der Waals surface area contributed by atoms with Crippen molar-refractivity contribution in [2.75, 3.05) is 24.7 Å². The minimum atomic E-state index is -3.01. The van der Waals surface area contributed by atoms with Crippen molar-refractivity contribution in [2.24, 2.45) is 5.10 Å². The van der Waals surface area contributed by atoms with Crippen molar-refractivity contribution in [3.63, 3.8) is 0 Å². The number of thiocarbonyl (C=S) groups is 1. The SMILES string of the molecule is Cc1nn([C@@H]2CCS(=O)(=O)C2)c(Cl)c1/C=N\NC(=S)NC[C@@H]1CCCO1. The fraction of sp³-hybridized carbons (Fsp3) is 0.667. The van der Waals surface area contributed by atoms with Crippen molar-refractivity contribution in [1.82, 2.24) is 20.5 Å². The largest absolute Gasteiger partial charge is 0.376 e. The monoisotopic (exact) mass is 419 g/mol. The molecule has 144 valence electrons. The molecular formula is C15H22ClN5O3S2. The maximum absolute atomic E-state index is 11.7. The molecule has 0 aromatic carbocycles. The summed E-state index contributed by atoms with van der Waals surface area (Å²) in [5.41, 5.74) is 4.07. The number of ether oxygens (including phenoxy) is 1. The Morgan fingerprint density at radius 2 is 2.35 bits per heavy atom. The Hall–Kier alpha value is -1.23. The number of hydrazone groups is 1. The van der Waals surface area contributed by atoms with Gasteiger partial charge in [0.05, 0.1) is 41.1 Å². The molecule has 0 amide bonds. The smallest absolute Gasteiger partial charge is 0.187 e. The molecule has 3 rings (SSSR count). The van der Waals surface area contributed by atoms with Crippen LogP contribution in [0.3, 0.4) is 0 Å². The summed E-state index contributed by atoms with van der Waals surface area (Å²) in [4.78, 5) is 0. The summed E-state index contributed by atoms with van der Waals surface area (Å²) in [6, 6.07) is -0.226. The standard InChI is InChI=1S/C15H22ClN5O3S2/c1-10-13(8-18-19-15(25)17-7-12-3-2-5-24-12)14(16)21(20-10)11-4-6-26(22,23)9-11/h8,11-12H,2-7,9H2,1H3,(H2,17,19,25)/b18-8-/t11-,12+/m1/s1. The van der Waals surface area contributed by atoms with E-state index in [4.69, 9.17) is 28.6 Å². The number of aryl methyl sites for hydroxylation is 1. The van der Waals surface area contributed by atoms with Crippen molar-refractivity contribution < 1.29 is 13.2 Å². The zero-order valence-electron chi connectivity index (χ0n) is 14.4. The highest BCUT2D eigenvalue weighted by atomic mass is 35.5. The number of rotatable bonds is 5. The minimum Gasteiger partial charge on any atom is -0.376 e. The predicted molar refractivity (Wildman–Crippen MR) is 105 cm³/mol. The van der Waals surface area contributed by atoms with Gasteiger partial charge in [-0.15, -0.1) is 0 Å². The summed E-state index contributed by atoms with van der Waals surface area (Å²) in [6.45, 7) is 3.26. The van der Waals surface area contributed by atoms with Gasteiger partial charge in [0, 0.05) is 13.2 Å². The second-order valence-electron chi connectivity index (χ2n) is 6.51. The molecule has 8 nitrogen and oxygen atoms in total. The van der Waals surface area contributed by atoms with E-state index in [-0.39, 0.29) is 23.7 Å². The first-order chi connectivity index (χ1) is 12.4. The lowest BCUT2D eigenvalue weighted by Gasteiger charge is -2.11. The van der Waals surface area contributed by atoms with Crippen LogP contribution in [0.15, 0.2) is 5.10 Å². The van der Waals surface area contributed by atoms with Crippen molar-refractivity contribution in [2.45, 2.75) is 38.3 Å². The highest BCUT2D eigenvalue weighted by molar-refractivity contribution is 7.91. The quantitative estimate of drug-likeness (QED) is 0.420. The van der Waals surface area contributed by atoms with E-state index in [0.29, 0.717) is 34.5 Å². The van der Waals surface area contributed by atoms with Gasteiger partial charge in [0.15, 0.2) is 14.9 Å². The number of aromatic nitrogens is 2. The van der Waals surface area contributed by atoms with E-state index < -0.39 is 9.84 Å². The molecule has 0 unspecified atom stereocenters. The third-order valence-corrected chi connectivity index (χ3v) is 6.86. The van der Waals surface area contributed by atoms with E-state index in [1.54, 1.807) is 17.8 Å². The molecular weight excluding hydrogens is 398 g/mol. The van der Waals surface area contributed by atoms with Crippen LogP contribution < -0.4 is 10.7 Å². The zero-order valence-corrected chi connectivity index (χ0v) is 16.8. The minimum absolute atomic E-state index is 0.0694. The lowest BCUT2D eigenvalue weighted by Crippen LogP contribution is -2.37. The van der Waals surface area contributed by atoms with E-state index in [1.807, 2.05) is 0 Å². The molecule has 1 aromatic rings. The van der Waals surface area contributed by atoms with Crippen LogP contribution in [0, 0.1) is 6.92 Å². The topological polar surface area (TPSA) is 97.6 Å². The molecule has 0 saturated carbocycles. The van der Waals surface area contributed by atoms with E-state index in [2.05, 4.69) is 20.9 Å². The van der Waals surface area contributed by atoms with Crippen LogP contribution in [0.2, 0.25) is 5.15 Å². The van der Waals surface area contributed by atoms with E-state index >= 15 is 0 Å². The summed E-state index contributed by atoms with van der Waals surface area (Å²) in [5, 5.41) is 12.3. The Morgan fingerprint density at radius 1 is 1.54 bits per heavy atom. The Balaban J connectivity index is 1.57. The molecule has 2 saturated heterocycles. The second kappa shape index (κ2) is 8.20. The molecule has 0 aliphatic carbocycles. The van der Waals surface area contributed by atoms with Crippen molar-refractivity contribution in [3.05, 3.63) is 16.4 Å². The third kappa shape index (κ3) is 4.73. The van der Waals surface area contributed by atoms with Crippen molar-refractivity contribution in [1.29, 1.82) is 0 Å². The van der Waals surface area contributed by atoms with Gasteiger partial charge in [-0.2, -0.15) is 10.2 Å². The van der Waals surface area contributed by atoms with E-state index in [9.17, 15) is 8.42 Å². The van der Waals surface area contributed by atoms with Gasteiger partial charge in [-0.05, 0) is 38.4 Å². The summed E-state index contributed by atoms with van der Waals surface area (Å²) < 4.78 is 30.4. The molecule has 2 aliphatic heterocycles. The molecule has 26 heavy (non-hydrogen) atoms. The molecule has 2 aliphatic rings. The Bertz CT molecular complexity index is 802. The molecule has 0 radical (unpaired) electrons. The van der Waals surface area contributed by atoms with Crippen LogP contribution in [0.25, 0.3) is 0 Å². The molecule has 0 spiro atoms. The van der Waals surface area contributed by atoms with Crippen LogP contribution in [0.5, 0.6) is 0 Å². The Labute approximate surface area is 163 Å². The number of nitrogens with zero attached hydrogens (tertiary/aromatic N) is 3. The van der Waals surface area contributed by atoms with Crippen molar-refractivity contribution in [3.8, 4) is 0 Å². The summed E-state index contributed by atoms with van der Waals surface area (Å²) >= 11 is 11.6. The van der Waals surface area contributed by atoms with Gasteiger partial charge in [-0.3, -0.25) is 5.43 Å². The van der Waals surface area contributed by atoms with Gasteiger partial charge < -0.3 is 10.1 Å². The zero-order chi connectivity index (χ0) is 18.7. The van der Waals surface area contributed by atoms with Crippen LogP contribution >= 0.6 is 23.8 Å². The van der Waals surface area contributed by atoms with Gasteiger partial charge in [-0.1, -0.05) is 11.6 Å². The average Bonchev–Trinajstić information content (AvgIpc) is 3.28. The van der Waals surface area contributed by atoms with Gasteiger partial charge >= 0.3 is 0 Å². The molecule has 2 N–H and O–H groups in total. The van der Waals surface area contributed by atoms with E-state index in [0.717, 1.165) is 19.4 Å². The third-order valence-electron chi connectivity index (χ3n) is 4.50. The fourth-order valence-corrected chi connectivity index (χ4v) is 5.29. The second-order valence-corrected chi connectivity index (χ2v) is 9.50.